The van der Waals surface area contributed by atoms with Crippen LogP contribution in [-0.2, 0) is 16.4 Å². The number of nitrogens with one attached hydrogen (secondary N) is 1. The zero-order valence-electron chi connectivity index (χ0n) is 16.9. The van der Waals surface area contributed by atoms with Crippen molar-refractivity contribution in [1.29, 1.82) is 0 Å². The Hall–Kier alpha value is -2.47. The third kappa shape index (κ3) is 4.06. The molecule has 1 aliphatic rings. The highest BCUT2D eigenvalue weighted by molar-refractivity contribution is 7.91. The van der Waals surface area contributed by atoms with Crippen LogP contribution in [0.4, 0.5) is 0 Å². The van der Waals surface area contributed by atoms with Gasteiger partial charge in [0.05, 0.1) is 30.0 Å². The number of H-pyrrole nitrogens is 1. The molecule has 1 fully saturated rings. The Kier molecular flexibility index (Phi) is 5.53. The Balaban J connectivity index is 1.70. The predicted molar refractivity (Wildman–Crippen MR) is 121 cm³/mol. The Morgan fingerprint density at radius 1 is 1.30 bits per heavy atom. The van der Waals surface area contributed by atoms with Crippen molar-refractivity contribution in [1.82, 2.24) is 14.9 Å². The highest BCUT2D eigenvalue weighted by atomic mass is 32.2. The van der Waals surface area contributed by atoms with Crippen molar-refractivity contribution < 1.29 is 8.42 Å². The monoisotopic (exact) mass is 441 g/mol. The normalized spacial score (nSPS) is 18.1. The Bertz CT molecular complexity index is 1300. The molecule has 0 amide bonds. The van der Waals surface area contributed by atoms with Crippen LogP contribution in [-0.4, -0.2) is 47.4 Å². The minimum Gasteiger partial charge on any atom is -0.309 e. The van der Waals surface area contributed by atoms with Gasteiger partial charge in [0.1, 0.15) is 10.7 Å². The second kappa shape index (κ2) is 7.99. The van der Waals surface area contributed by atoms with Crippen LogP contribution in [0.15, 0.2) is 29.1 Å². The van der Waals surface area contributed by atoms with E-state index >= 15 is 0 Å². The van der Waals surface area contributed by atoms with Crippen LogP contribution < -0.4 is 5.56 Å². The molecule has 4 rings (SSSR count). The number of rotatable bonds is 5. The van der Waals surface area contributed by atoms with E-state index in [1.54, 1.807) is 0 Å². The maximum absolute atomic E-state index is 13.0. The molecule has 156 valence electrons. The summed E-state index contributed by atoms with van der Waals surface area (Å²) in [6, 6.07) is 7.95. The lowest BCUT2D eigenvalue weighted by Gasteiger charge is -2.25. The second-order valence-corrected chi connectivity index (χ2v) is 11.2. The molecule has 1 atom stereocenters. The molecule has 3 heterocycles. The number of fused-ring (bicyclic) bond motifs is 1. The molecule has 1 N–H and O–H groups in total. The lowest BCUT2D eigenvalue weighted by atomic mass is 10.0. The van der Waals surface area contributed by atoms with Gasteiger partial charge < -0.3 is 4.98 Å². The summed E-state index contributed by atoms with van der Waals surface area (Å²) in [5.41, 5.74) is 2.88. The first-order chi connectivity index (χ1) is 14.3. The van der Waals surface area contributed by atoms with Crippen molar-refractivity contribution in [3.8, 4) is 23.5 Å². The molecular weight excluding hydrogens is 418 g/mol. The summed E-state index contributed by atoms with van der Waals surface area (Å²) < 4.78 is 23.8. The first kappa shape index (κ1) is 20.8. The molecule has 0 spiro atoms. The number of nitrogens with zero attached hydrogens (tertiary/aromatic N) is 2. The van der Waals surface area contributed by atoms with E-state index in [4.69, 9.17) is 11.4 Å². The summed E-state index contributed by atoms with van der Waals surface area (Å²) in [7, 11) is -3.03. The van der Waals surface area contributed by atoms with Crippen LogP contribution in [0.25, 0.3) is 21.3 Å². The molecule has 8 heteroatoms. The Morgan fingerprint density at radius 3 is 2.67 bits per heavy atom. The number of aromatic amines is 1. The van der Waals surface area contributed by atoms with Crippen LogP contribution in [0.2, 0.25) is 0 Å². The Morgan fingerprint density at radius 2 is 2.03 bits per heavy atom. The molecule has 6 nitrogen and oxygen atoms in total. The van der Waals surface area contributed by atoms with Gasteiger partial charge in [0.15, 0.2) is 9.84 Å². The standard InChI is InChI=1S/C22H23N3O3S2/c1-4-10-25(17-9-11-30(27,28)13-17)12-18-23-21(26)20-19(15(3)29-22(20)24-18)16-7-5-14(2)6-8-16/h1,5-8,17H,9-13H2,2-3H3,(H,23,24,26). The van der Waals surface area contributed by atoms with Crippen molar-refractivity contribution in [3.63, 3.8) is 0 Å². The van der Waals surface area contributed by atoms with E-state index in [-0.39, 0.29) is 23.1 Å². The molecule has 3 aromatic rings. The van der Waals surface area contributed by atoms with Crippen LogP contribution in [0, 0.1) is 26.2 Å². The van der Waals surface area contributed by atoms with Gasteiger partial charge in [-0.1, -0.05) is 35.7 Å². The topological polar surface area (TPSA) is 83.1 Å². The van der Waals surface area contributed by atoms with E-state index in [0.717, 1.165) is 21.6 Å². The minimum atomic E-state index is -3.03. The van der Waals surface area contributed by atoms with Crippen LogP contribution in [0.3, 0.4) is 0 Å². The summed E-state index contributed by atoms with van der Waals surface area (Å²) >= 11 is 1.49. The fraction of sp³-hybridized carbons (Fsp3) is 0.364. The van der Waals surface area contributed by atoms with Gasteiger partial charge in [-0.2, -0.15) is 0 Å². The molecule has 0 bridgehead atoms. The number of aryl methyl sites for hydroxylation is 2. The minimum absolute atomic E-state index is 0.0941. The lowest BCUT2D eigenvalue weighted by molar-refractivity contribution is 0.225. The SMILES string of the molecule is C#CCN(Cc1nc2sc(C)c(-c3ccc(C)cc3)c2c(=O)[nH]1)C1CCS(=O)(=O)C1. The van der Waals surface area contributed by atoms with E-state index in [0.29, 0.717) is 35.6 Å². The third-order valence-electron chi connectivity index (χ3n) is 5.50. The van der Waals surface area contributed by atoms with Crippen molar-refractivity contribution in [2.24, 2.45) is 0 Å². The number of benzene rings is 1. The molecule has 0 radical (unpaired) electrons. The van der Waals surface area contributed by atoms with E-state index in [2.05, 4.69) is 10.9 Å². The zero-order chi connectivity index (χ0) is 21.5. The number of hydrogen-bond acceptors (Lipinski definition) is 6. The maximum atomic E-state index is 13.0. The highest BCUT2D eigenvalue weighted by Gasteiger charge is 2.32. The van der Waals surface area contributed by atoms with Crippen molar-refractivity contribution in [2.45, 2.75) is 32.9 Å². The Labute approximate surface area is 179 Å². The largest absolute Gasteiger partial charge is 0.309 e. The van der Waals surface area contributed by atoms with E-state index < -0.39 is 9.84 Å². The van der Waals surface area contributed by atoms with Gasteiger partial charge in [-0.3, -0.25) is 9.69 Å². The quantitative estimate of drug-likeness (QED) is 0.616. The summed E-state index contributed by atoms with van der Waals surface area (Å²) in [6.07, 6.45) is 6.05. The molecular formula is C22H23N3O3S2. The van der Waals surface area contributed by atoms with Gasteiger partial charge in [-0.15, -0.1) is 17.8 Å². The third-order valence-corrected chi connectivity index (χ3v) is 8.25. The van der Waals surface area contributed by atoms with Gasteiger partial charge in [-0.05, 0) is 25.8 Å². The van der Waals surface area contributed by atoms with E-state index in [9.17, 15) is 13.2 Å². The molecule has 1 aromatic carbocycles. The van der Waals surface area contributed by atoms with Gasteiger partial charge in [0, 0.05) is 16.5 Å². The molecule has 0 aliphatic carbocycles. The molecule has 30 heavy (non-hydrogen) atoms. The number of thiophene rings is 1. The summed E-state index contributed by atoms with van der Waals surface area (Å²) in [5, 5.41) is 0.594. The van der Waals surface area contributed by atoms with Gasteiger partial charge in [0.2, 0.25) is 0 Å². The lowest BCUT2D eigenvalue weighted by Crippen LogP contribution is -2.37. The van der Waals surface area contributed by atoms with Gasteiger partial charge in [-0.25, -0.2) is 13.4 Å². The first-order valence-corrected chi connectivity index (χ1v) is 12.4. The molecule has 2 aromatic heterocycles. The fourth-order valence-electron chi connectivity index (χ4n) is 3.99. The van der Waals surface area contributed by atoms with Crippen molar-refractivity contribution >= 4 is 31.4 Å². The summed E-state index contributed by atoms with van der Waals surface area (Å²) in [5.74, 6) is 3.37. The molecule has 1 saturated heterocycles. The molecule has 1 aliphatic heterocycles. The van der Waals surface area contributed by atoms with Crippen LogP contribution >= 0.6 is 11.3 Å². The summed E-state index contributed by atoms with van der Waals surface area (Å²) in [4.78, 5) is 24.2. The number of sulfone groups is 1. The number of aromatic nitrogens is 2. The van der Waals surface area contributed by atoms with Crippen molar-refractivity contribution in [3.05, 3.63) is 50.9 Å². The van der Waals surface area contributed by atoms with E-state index in [1.165, 1.54) is 11.3 Å². The fourth-order valence-corrected chi connectivity index (χ4v) is 6.82. The van der Waals surface area contributed by atoms with Gasteiger partial charge in [0.25, 0.3) is 5.56 Å². The maximum Gasteiger partial charge on any atom is 0.260 e. The van der Waals surface area contributed by atoms with Crippen molar-refractivity contribution in [2.75, 3.05) is 18.1 Å². The van der Waals surface area contributed by atoms with Gasteiger partial charge >= 0.3 is 0 Å². The van der Waals surface area contributed by atoms with Crippen LogP contribution in [0.5, 0.6) is 0 Å². The highest BCUT2D eigenvalue weighted by Crippen LogP contribution is 2.35. The predicted octanol–water partition coefficient (Wildman–Crippen LogP) is 2.89. The first-order valence-electron chi connectivity index (χ1n) is 9.74. The van der Waals surface area contributed by atoms with Crippen LogP contribution in [0.1, 0.15) is 22.7 Å². The zero-order valence-corrected chi connectivity index (χ0v) is 18.6. The smallest absolute Gasteiger partial charge is 0.260 e. The average molecular weight is 442 g/mol. The second-order valence-electron chi connectivity index (χ2n) is 7.76. The number of terminal acetylenes is 1. The molecule has 0 saturated carbocycles. The molecule has 1 unspecified atom stereocenters. The summed E-state index contributed by atoms with van der Waals surface area (Å²) in [6.45, 7) is 4.64. The van der Waals surface area contributed by atoms with E-state index in [1.807, 2.05) is 43.0 Å². The number of hydrogen-bond donors (Lipinski definition) is 1. The average Bonchev–Trinajstić information content (AvgIpc) is 3.21.